The van der Waals surface area contributed by atoms with Gasteiger partial charge < -0.3 is 4.74 Å². The summed E-state index contributed by atoms with van der Waals surface area (Å²) in [4.78, 5) is 0. The second kappa shape index (κ2) is 4.91. The van der Waals surface area contributed by atoms with Gasteiger partial charge in [0.2, 0.25) is 0 Å². The van der Waals surface area contributed by atoms with Crippen LogP contribution in [0.3, 0.4) is 0 Å². The zero-order chi connectivity index (χ0) is 12.3. The summed E-state index contributed by atoms with van der Waals surface area (Å²) < 4.78 is 44.2. The Balaban J connectivity index is 2.10. The molecular formula is C13H9F3O. The Morgan fingerprint density at radius 3 is 2.35 bits per heavy atom. The lowest BCUT2D eigenvalue weighted by molar-refractivity contribution is 0.284. The van der Waals surface area contributed by atoms with E-state index in [0.29, 0.717) is 0 Å². The highest BCUT2D eigenvalue weighted by atomic mass is 19.1. The van der Waals surface area contributed by atoms with E-state index < -0.39 is 17.5 Å². The van der Waals surface area contributed by atoms with Crippen molar-refractivity contribution >= 4 is 0 Å². The average Bonchev–Trinajstić information content (AvgIpc) is 2.30. The molecule has 2 aromatic carbocycles. The van der Waals surface area contributed by atoms with Crippen molar-refractivity contribution in [2.75, 3.05) is 0 Å². The van der Waals surface area contributed by atoms with Crippen molar-refractivity contribution in [3.8, 4) is 5.75 Å². The van der Waals surface area contributed by atoms with Gasteiger partial charge in [0.05, 0.1) is 0 Å². The van der Waals surface area contributed by atoms with Crippen LogP contribution in [-0.2, 0) is 6.61 Å². The highest BCUT2D eigenvalue weighted by Gasteiger charge is 2.06. The summed E-state index contributed by atoms with van der Waals surface area (Å²) in [5.41, 5.74) is 0.176. The average molecular weight is 238 g/mol. The minimum atomic E-state index is -0.707. The lowest BCUT2D eigenvalue weighted by Gasteiger charge is -2.07. The van der Waals surface area contributed by atoms with E-state index >= 15 is 0 Å². The predicted molar refractivity (Wildman–Crippen MR) is 57.1 cm³/mol. The molecule has 17 heavy (non-hydrogen) atoms. The normalized spacial score (nSPS) is 10.3. The Morgan fingerprint density at radius 1 is 0.882 bits per heavy atom. The molecule has 0 aromatic heterocycles. The van der Waals surface area contributed by atoms with Crippen molar-refractivity contribution in [1.29, 1.82) is 0 Å². The fourth-order valence-electron chi connectivity index (χ4n) is 1.36. The van der Waals surface area contributed by atoms with Crippen molar-refractivity contribution in [3.63, 3.8) is 0 Å². The monoisotopic (exact) mass is 238 g/mol. The molecule has 0 fully saturated rings. The molecule has 0 radical (unpaired) electrons. The fourth-order valence-corrected chi connectivity index (χ4v) is 1.36. The summed E-state index contributed by atoms with van der Waals surface area (Å²) in [7, 11) is 0. The molecule has 0 N–H and O–H groups in total. The quantitative estimate of drug-likeness (QED) is 0.792. The van der Waals surface area contributed by atoms with E-state index in [1.165, 1.54) is 24.3 Å². The van der Waals surface area contributed by atoms with Crippen molar-refractivity contribution in [2.24, 2.45) is 0 Å². The second-order valence-electron chi connectivity index (χ2n) is 3.45. The van der Waals surface area contributed by atoms with Crippen LogP contribution < -0.4 is 4.74 Å². The summed E-state index contributed by atoms with van der Waals surface area (Å²) in [5.74, 6) is -1.84. The van der Waals surface area contributed by atoms with Crippen molar-refractivity contribution in [2.45, 2.75) is 6.61 Å². The molecule has 0 aliphatic carbocycles. The summed E-state index contributed by atoms with van der Waals surface area (Å²) in [6, 6.07) is 8.99. The van der Waals surface area contributed by atoms with Gasteiger partial charge >= 0.3 is 0 Å². The molecule has 0 bridgehead atoms. The largest absolute Gasteiger partial charge is 0.486 e. The van der Waals surface area contributed by atoms with E-state index in [1.807, 2.05) is 0 Å². The molecule has 0 atom stereocenters. The molecule has 0 amide bonds. The molecule has 0 saturated heterocycles. The number of hydrogen-bond donors (Lipinski definition) is 0. The summed E-state index contributed by atoms with van der Waals surface area (Å²) in [6.45, 7) is -0.146. The van der Waals surface area contributed by atoms with Gasteiger partial charge in [-0.15, -0.1) is 0 Å². The highest BCUT2D eigenvalue weighted by Crippen LogP contribution is 2.18. The molecule has 1 nitrogen and oxygen atoms in total. The van der Waals surface area contributed by atoms with Gasteiger partial charge in [-0.1, -0.05) is 12.1 Å². The number of para-hydroxylation sites is 1. The maximum atomic E-state index is 13.2. The molecule has 88 valence electrons. The van der Waals surface area contributed by atoms with Crippen LogP contribution in [0.2, 0.25) is 0 Å². The molecule has 4 heteroatoms. The first-order valence-electron chi connectivity index (χ1n) is 4.98. The lowest BCUT2D eigenvalue weighted by Crippen LogP contribution is -2.00. The summed E-state index contributed by atoms with van der Waals surface area (Å²) in [5, 5.41) is 0. The first kappa shape index (κ1) is 11.5. The van der Waals surface area contributed by atoms with E-state index in [2.05, 4.69) is 0 Å². The van der Waals surface area contributed by atoms with Gasteiger partial charge in [-0.2, -0.15) is 0 Å². The number of rotatable bonds is 3. The number of benzene rings is 2. The molecule has 0 unspecified atom stereocenters. The first-order chi connectivity index (χ1) is 8.16. The fraction of sp³-hybridized carbons (Fsp3) is 0.0769. The molecular weight excluding hydrogens is 229 g/mol. The molecule has 0 saturated carbocycles. The van der Waals surface area contributed by atoms with E-state index in [4.69, 9.17) is 4.74 Å². The second-order valence-corrected chi connectivity index (χ2v) is 3.45. The van der Waals surface area contributed by atoms with Crippen molar-refractivity contribution in [1.82, 2.24) is 0 Å². The predicted octanol–water partition coefficient (Wildman–Crippen LogP) is 3.68. The number of ether oxygens (including phenoxy) is 1. The summed E-state index contributed by atoms with van der Waals surface area (Å²) >= 11 is 0. The van der Waals surface area contributed by atoms with Gasteiger partial charge in [0.25, 0.3) is 0 Å². The lowest BCUT2D eigenvalue weighted by atomic mass is 10.2. The van der Waals surface area contributed by atoms with Crippen LogP contribution in [0.5, 0.6) is 5.75 Å². The van der Waals surface area contributed by atoms with Crippen LogP contribution >= 0.6 is 0 Å². The van der Waals surface area contributed by atoms with E-state index in [-0.39, 0.29) is 17.9 Å². The Morgan fingerprint density at radius 2 is 1.65 bits per heavy atom. The van der Waals surface area contributed by atoms with Crippen LogP contribution in [0, 0.1) is 17.5 Å². The van der Waals surface area contributed by atoms with Gasteiger partial charge in [0.1, 0.15) is 18.2 Å². The Kier molecular flexibility index (Phi) is 3.32. The van der Waals surface area contributed by atoms with Gasteiger partial charge in [-0.3, -0.25) is 0 Å². The minimum Gasteiger partial charge on any atom is -0.486 e. The maximum absolute atomic E-state index is 13.2. The third-order valence-electron chi connectivity index (χ3n) is 2.23. The standard InChI is InChI=1S/C13H9F3O/c14-10-6-5-9(12(16)7-10)8-17-13-4-2-1-3-11(13)15/h1-7H,8H2. The van der Waals surface area contributed by atoms with E-state index in [1.54, 1.807) is 6.07 Å². The van der Waals surface area contributed by atoms with Gasteiger partial charge in [-0.25, -0.2) is 13.2 Å². The SMILES string of the molecule is Fc1ccc(COc2ccccc2F)c(F)c1. The van der Waals surface area contributed by atoms with Crippen LogP contribution in [0.25, 0.3) is 0 Å². The molecule has 0 heterocycles. The van der Waals surface area contributed by atoms with E-state index in [9.17, 15) is 13.2 Å². The van der Waals surface area contributed by atoms with Crippen LogP contribution in [-0.4, -0.2) is 0 Å². The first-order valence-corrected chi connectivity index (χ1v) is 4.98. The highest BCUT2D eigenvalue weighted by molar-refractivity contribution is 5.25. The van der Waals surface area contributed by atoms with Crippen molar-refractivity contribution < 1.29 is 17.9 Å². The smallest absolute Gasteiger partial charge is 0.165 e. The van der Waals surface area contributed by atoms with E-state index in [0.717, 1.165) is 12.1 Å². The van der Waals surface area contributed by atoms with Crippen molar-refractivity contribution in [3.05, 3.63) is 65.5 Å². The van der Waals surface area contributed by atoms with Crippen LogP contribution in [0.1, 0.15) is 5.56 Å². The third kappa shape index (κ3) is 2.78. The zero-order valence-electron chi connectivity index (χ0n) is 8.79. The van der Waals surface area contributed by atoms with Gasteiger partial charge in [-0.05, 0) is 24.3 Å². The van der Waals surface area contributed by atoms with Crippen LogP contribution in [0.15, 0.2) is 42.5 Å². The number of halogens is 3. The Hall–Kier alpha value is -1.97. The third-order valence-corrected chi connectivity index (χ3v) is 2.23. The van der Waals surface area contributed by atoms with Crippen LogP contribution in [0.4, 0.5) is 13.2 Å². The molecule has 0 aliphatic heterocycles. The topological polar surface area (TPSA) is 9.23 Å². The molecule has 2 rings (SSSR count). The maximum Gasteiger partial charge on any atom is 0.165 e. The summed E-state index contributed by atoms with van der Waals surface area (Å²) in [6.07, 6.45) is 0. The minimum absolute atomic E-state index is 0.0382. The Labute approximate surface area is 96.5 Å². The molecule has 0 aliphatic rings. The molecule has 0 spiro atoms. The molecule has 2 aromatic rings. The Bertz CT molecular complexity index is 526. The zero-order valence-corrected chi connectivity index (χ0v) is 8.79. The number of hydrogen-bond acceptors (Lipinski definition) is 1. The van der Waals surface area contributed by atoms with Gasteiger partial charge in [0, 0.05) is 11.6 Å². The van der Waals surface area contributed by atoms with Gasteiger partial charge in [0.15, 0.2) is 11.6 Å².